The maximum Gasteiger partial charge on any atom is 0.315 e. The normalized spacial score (nSPS) is 9.76. The van der Waals surface area contributed by atoms with Crippen molar-refractivity contribution in [1.29, 1.82) is 0 Å². The highest BCUT2D eigenvalue weighted by Gasteiger charge is 1.99. The number of benzene rings is 1. The van der Waals surface area contributed by atoms with Gasteiger partial charge in [0.05, 0.1) is 7.11 Å². The lowest BCUT2D eigenvalue weighted by Gasteiger charge is -2.07. The predicted octanol–water partition coefficient (Wildman–Crippen LogP) is 0.843. The van der Waals surface area contributed by atoms with Gasteiger partial charge in [-0.05, 0) is 30.7 Å². The molecule has 5 nitrogen and oxygen atoms in total. The van der Waals surface area contributed by atoms with Crippen LogP contribution in [-0.2, 0) is 6.54 Å². The molecule has 5 heteroatoms. The van der Waals surface area contributed by atoms with Crippen LogP contribution in [0, 0.1) is 0 Å². The van der Waals surface area contributed by atoms with E-state index < -0.39 is 0 Å². The molecule has 0 unspecified atom stereocenters. The minimum Gasteiger partial charge on any atom is -0.497 e. The third kappa shape index (κ3) is 5.21. The second-order valence-corrected chi connectivity index (χ2v) is 3.60. The largest absolute Gasteiger partial charge is 0.497 e. The van der Waals surface area contributed by atoms with Gasteiger partial charge >= 0.3 is 6.03 Å². The summed E-state index contributed by atoms with van der Waals surface area (Å²) in [4.78, 5) is 11.3. The third-order valence-corrected chi connectivity index (χ3v) is 2.28. The Bertz CT molecular complexity index is 338. The van der Waals surface area contributed by atoms with Gasteiger partial charge in [0.1, 0.15) is 5.75 Å². The molecule has 0 saturated carbocycles. The molecule has 94 valence electrons. The lowest BCUT2D eigenvalue weighted by molar-refractivity contribution is 0.240. The highest BCUT2D eigenvalue weighted by atomic mass is 16.5. The lowest BCUT2D eigenvalue weighted by atomic mass is 10.2. The van der Waals surface area contributed by atoms with Gasteiger partial charge in [-0.15, -0.1) is 0 Å². The smallest absolute Gasteiger partial charge is 0.315 e. The highest BCUT2D eigenvalue weighted by Crippen LogP contribution is 2.10. The van der Waals surface area contributed by atoms with Crippen LogP contribution in [0.5, 0.6) is 5.75 Å². The zero-order valence-electron chi connectivity index (χ0n) is 10.0. The number of hydrogen-bond donors (Lipinski definition) is 3. The minimum absolute atomic E-state index is 0.172. The van der Waals surface area contributed by atoms with E-state index in [0.717, 1.165) is 17.7 Å². The topological polar surface area (TPSA) is 76.4 Å². The van der Waals surface area contributed by atoms with Crippen LogP contribution in [0.1, 0.15) is 12.0 Å². The molecule has 0 radical (unpaired) electrons. The molecule has 0 aliphatic heterocycles. The number of methoxy groups -OCH3 is 1. The Morgan fingerprint density at radius 3 is 2.59 bits per heavy atom. The summed E-state index contributed by atoms with van der Waals surface area (Å²) in [6.45, 7) is 1.68. The predicted molar refractivity (Wildman–Crippen MR) is 66.9 cm³/mol. The van der Waals surface area contributed by atoms with Crippen LogP contribution in [0.3, 0.4) is 0 Å². The van der Waals surface area contributed by atoms with Crippen molar-refractivity contribution in [2.75, 3.05) is 20.2 Å². The van der Waals surface area contributed by atoms with Crippen LogP contribution in [0.4, 0.5) is 4.79 Å². The first-order chi connectivity index (χ1) is 8.26. The molecule has 0 aliphatic rings. The number of nitrogens with one attached hydrogen (secondary N) is 2. The maximum atomic E-state index is 11.3. The van der Waals surface area contributed by atoms with Gasteiger partial charge in [-0.25, -0.2) is 4.79 Å². The number of amides is 2. The van der Waals surface area contributed by atoms with Crippen molar-refractivity contribution in [1.82, 2.24) is 10.6 Å². The molecule has 0 heterocycles. The average Bonchev–Trinajstić information content (AvgIpc) is 2.37. The second kappa shape index (κ2) is 7.51. The van der Waals surface area contributed by atoms with Gasteiger partial charge < -0.3 is 21.1 Å². The van der Waals surface area contributed by atoms with Crippen molar-refractivity contribution >= 4 is 6.03 Å². The zero-order valence-corrected chi connectivity index (χ0v) is 10.0. The van der Waals surface area contributed by atoms with E-state index in [1.54, 1.807) is 7.11 Å². The summed E-state index contributed by atoms with van der Waals surface area (Å²) in [6, 6.07) is 7.39. The standard InChI is InChI=1S/C12H19N3O2/c1-17-11-5-3-10(4-6-11)9-15-12(16)14-8-2-7-13/h3-6H,2,7-9,13H2,1H3,(H2,14,15,16). The molecule has 1 aromatic carbocycles. The van der Waals surface area contributed by atoms with E-state index in [2.05, 4.69) is 10.6 Å². The Hall–Kier alpha value is -1.75. The number of carbonyl (C=O) groups is 1. The van der Waals surface area contributed by atoms with E-state index in [1.807, 2.05) is 24.3 Å². The molecule has 0 aromatic heterocycles. The summed E-state index contributed by atoms with van der Waals surface area (Å²) in [5.41, 5.74) is 6.35. The van der Waals surface area contributed by atoms with Gasteiger partial charge in [0.25, 0.3) is 0 Å². The molecule has 17 heavy (non-hydrogen) atoms. The number of urea groups is 1. The monoisotopic (exact) mass is 237 g/mol. The average molecular weight is 237 g/mol. The van der Waals surface area contributed by atoms with Crippen LogP contribution >= 0.6 is 0 Å². The van der Waals surface area contributed by atoms with E-state index in [9.17, 15) is 4.79 Å². The van der Waals surface area contributed by atoms with Crippen molar-refractivity contribution < 1.29 is 9.53 Å². The van der Waals surface area contributed by atoms with Gasteiger partial charge in [-0.3, -0.25) is 0 Å². The van der Waals surface area contributed by atoms with Crippen LogP contribution in [0.2, 0.25) is 0 Å². The molecule has 0 spiro atoms. The second-order valence-electron chi connectivity index (χ2n) is 3.60. The number of rotatable bonds is 6. The highest BCUT2D eigenvalue weighted by molar-refractivity contribution is 5.73. The first-order valence-electron chi connectivity index (χ1n) is 5.61. The Kier molecular flexibility index (Phi) is 5.88. The van der Waals surface area contributed by atoms with Crippen molar-refractivity contribution in [3.8, 4) is 5.75 Å². The van der Waals surface area contributed by atoms with Crippen molar-refractivity contribution in [2.45, 2.75) is 13.0 Å². The summed E-state index contributed by atoms with van der Waals surface area (Å²) in [5, 5.41) is 5.49. The molecular formula is C12H19N3O2. The van der Waals surface area contributed by atoms with Gasteiger partial charge in [-0.1, -0.05) is 12.1 Å². The SMILES string of the molecule is COc1ccc(CNC(=O)NCCCN)cc1. The fraction of sp³-hybridized carbons (Fsp3) is 0.417. The number of hydrogen-bond acceptors (Lipinski definition) is 3. The molecule has 1 aromatic rings. The lowest BCUT2D eigenvalue weighted by Crippen LogP contribution is -2.36. The summed E-state index contributed by atoms with van der Waals surface area (Å²) in [7, 11) is 1.62. The zero-order chi connectivity index (χ0) is 12.5. The molecule has 4 N–H and O–H groups in total. The first-order valence-corrected chi connectivity index (χ1v) is 5.61. The maximum absolute atomic E-state index is 11.3. The summed E-state index contributed by atoms with van der Waals surface area (Å²) in [6.07, 6.45) is 0.788. The van der Waals surface area contributed by atoms with Gasteiger partial charge in [-0.2, -0.15) is 0 Å². The van der Waals surface area contributed by atoms with Crippen molar-refractivity contribution in [3.63, 3.8) is 0 Å². The first kappa shape index (κ1) is 13.3. The van der Waals surface area contributed by atoms with Crippen LogP contribution in [0.25, 0.3) is 0 Å². The quantitative estimate of drug-likeness (QED) is 0.642. The Morgan fingerprint density at radius 1 is 1.29 bits per heavy atom. The van der Waals surface area contributed by atoms with Gasteiger partial charge in [0.2, 0.25) is 0 Å². The van der Waals surface area contributed by atoms with Crippen LogP contribution < -0.4 is 21.1 Å². The van der Waals surface area contributed by atoms with E-state index in [4.69, 9.17) is 10.5 Å². The molecule has 0 saturated heterocycles. The van der Waals surface area contributed by atoms with Crippen LogP contribution in [-0.4, -0.2) is 26.2 Å². The summed E-state index contributed by atoms with van der Waals surface area (Å²) in [5.74, 6) is 0.807. The van der Waals surface area contributed by atoms with Crippen molar-refractivity contribution in [3.05, 3.63) is 29.8 Å². The molecule has 0 aliphatic carbocycles. The van der Waals surface area contributed by atoms with E-state index in [-0.39, 0.29) is 6.03 Å². The molecule has 2 amide bonds. The summed E-state index contributed by atoms with van der Waals surface area (Å²) >= 11 is 0. The Balaban J connectivity index is 2.27. The van der Waals surface area contributed by atoms with E-state index in [1.165, 1.54) is 0 Å². The Labute approximate surface area is 101 Å². The number of nitrogens with two attached hydrogens (primary N) is 1. The molecule has 0 atom stereocenters. The van der Waals surface area contributed by atoms with Crippen LogP contribution in [0.15, 0.2) is 24.3 Å². The number of carbonyl (C=O) groups excluding carboxylic acids is 1. The fourth-order valence-electron chi connectivity index (χ4n) is 1.29. The molecule has 0 fully saturated rings. The van der Waals surface area contributed by atoms with Crippen molar-refractivity contribution in [2.24, 2.45) is 5.73 Å². The molecular weight excluding hydrogens is 218 g/mol. The van der Waals surface area contributed by atoms with Gasteiger partial charge in [0.15, 0.2) is 0 Å². The minimum atomic E-state index is -0.172. The van der Waals surface area contributed by atoms with Gasteiger partial charge in [0, 0.05) is 13.1 Å². The Morgan fingerprint density at radius 2 is 2.00 bits per heavy atom. The third-order valence-electron chi connectivity index (χ3n) is 2.28. The molecule has 0 bridgehead atoms. The van der Waals surface area contributed by atoms with E-state index in [0.29, 0.717) is 19.6 Å². The number of ether oxygens (including phenoxy) is 1. The molecule has 1 rings (SSSR count). The fourth-order valence-corrected chi connectivity index (χ4v) is 1.29. The van der Waals surface area contributed by atoms with E-state index >= 15 is 0 Å². The summed E-state index contributed by atoms with van der Waals surface area (Å²) < 4.78 is 5.05.